The number of benzene rings is 1. The maximum Gasteiger partial charge on any atom is 0.228 e. The topological polar surface area (TPSA) is 94.6 Å². The number of hydrogen-bond donors (Lipinski definition) is 2. The molecule has 1 heterocycles. The molecule has 0 aliphatic heterocycles. The molecule has 1 aliphatic carbocycles. The van der Waals surface area contributed by atoms with E-state index in [1.807, 2.05) is 0 Å². The molecule has 138 valence electrons. The molecule has 1 aliphatic rings. The summed E-state index contributed by atoms with van der Waals surface area (Å²) in [7, 11) is 4.66. The second kappa shape index (κ2) is 7.90. The summed E-state index contributed by atoms with van der Waals surface area (Å²) in [5.41, 5.74) is 0.708. The van der Waals surface area contributed by atoms with Crippen LogP contribution in [0.2, 0.25) is 0 Å². The van der Waals surface area contributed by atoms with Gasteiger partial charge in [0.05, 0.1) is 21.3 Å². The van der Waals surface area contributed by atoms with E-state index < -0.39 is 0 Å². The molecule has 1 amide bonds. The first-order chi connectivity index (χ1) is 12.6. The first-order valence-electron chi connectivity index (χ1n) is 8.36. The third-order valence-electron chi connectivity index (χ3n) is 4.33. The Bertz CT molecular complexity index is 750. The van der Waals surface area contributed by atoms with E-state index in [0.717, 1.165) is 19.3 Å². The molecule has 1 aromatic heterocycles. The van der Waals surface area contributed by atoms with Crippen LogP contribution in [0.3, 0.4) is 0 Å². The number of rotatable bonds is 7. The average Bonchev–Trinajstić information content (AvgIpc) is 2.61. The van der Waals surface area contributed by atoms with Crippen LogP contribution in [0.25, 0.3) is 0 Å². The predicted octanol–water partition coefficient (Wildman–Crippen LogP) is 2.98. The standard InChI is InChI=1S/C18H22N4O4/c1-24-13-9-12(10-14(25-2)17(13)26-3)19-15-7-8-16(22-21-15)20-18(23)11-5-4-6-11/h7-11H,4-6H2,1-3H3,(H,19,21)(H,20,22,23). The lowest BCUT2D eigenvalue weighted by molar-refractivity contribution is -0.122. The SMILES string of the molecule is COc1cc(Nc2ccc(NC(=O)C3CCC3)nn2)cc(OC)c1OC. The summed E-state index contributed by atoms with van der Waals surface area (Å²) in [5.74, 6) is 2.67. The molecule has 1 fully saturated rings. The number of hydrogen-bond acceptors (Lipinski definition) is 7. The molecule has 0 bridgehead atoms. The van der Waals surface area contributed by atoms with Gasteiger partial charge in [0.2, 0.25) is 11.7 Å². The third kappa shape index (κ3) is 3.79. The molecule has 0 saturated heterocycles. The molecule has 8 nitrogen and oxygen atoms in total. The summed E-state index contributed by atoms with van der Waals surface area (Å²) < 4.78 is 16.0. The van der Waals surface area contributed by atoms with Gasteiger partial charge in [0.25, 0.3) is 0 Å². The Morgan fingerprint density at radius 3 is 2.08 bits per heavy atom. The quantitative estimate of drug-likeness (QED) is 0.785. The summed E-state index contributed by atoms with van der Waals surface area (Å²) in [6, 6.07) is 7.00. The largest absolute Gasteiger partial charge is 0.493 e. The smallest absolute Gasteiger partial charge is 0.228 e. The van der Waals surface area contributed by atoms with E-state index in [0.29, 0.717) is 34.6 Å². The average molecular weight is 358 g/mol. The molecular formula is C18H22N4O4. The highest BCUT2D eigenvalue weighted by molar-refractivity contribution is 5.92. The summed E-state index contributed by atoms with van der Waals surface area (Å²) in [6.07, 6.45) is 3.00. The third-order valence-corrected chi connectivity index (χ3v) is 4.33. The molecule has 1 saturated carbocycles. The van der Waals surface area contributed by atoms with Crippen LogP contribution in [0.15, 0.2) is 24.3 Å². The van der Waals surface area contributed by atoms with Gasteiger partial charge in [0.15, 0.2) is 23.1 Å². The Morgan fingerprint density at radius 1 is 1.00 bits per heavy atom. The minimum atomic E-state index is 0.0101. The zero-order valence-corrected chi connectivity index (χ0v) is 15.0. The molecule has 0 atom stereocenters. The summed E-state index contributed by atoms with van der Waals surface area (Å²) >= 11 is 0. The van der Waals surface area contributed by atoms with E-state index >= 15 is 0 Å². The van der Waals surface area contributed by atoms with Gasteiger partial charge in [-0.2, -0.15) is 0 Å². The van der Waals surface area contributed by atoms with Crippen LogP contribution in [0.4, 0.5) is 17.3 Å². The van der Waals surface area contributed by atoms with Gasteiger partial charge >= 0.3 is 0 Å². The molecule has 8 heteroatoms. The molecule has 26 heavy (non-hydrogen) atoms. The fraction of sp³-hybridized carbons (Fsp3) is 0.389. The van der Waals surface area contributed by atoms with Crippen molar-refractivity contribution >= 4 is 23.2 Å². The van der Waals surface area contributed by atoms with Crippen molar-refractivity contribution in [3.05, 3.63) is 24.3 Å². The maximum atomic E-state index is 11.9. The lowest BCUT2D eigenvalue weighted by Crippen LogP contribution is -2.28. The number of methoxy groups -OCH3 is 3. The molecule has 1 aromatic carbocycles. The molecule has 2 N–H and O–H groups in total. The number of aromatic nitrogens is 2. The zero-order chi connectivity index (χ0) is 18.5. The van der Waals surface area contributed by atoms with Gasteiger partial charge in [-0.05, 0) is 25.0 Å². The van der Waals surface area contributed by atoms with Crippen LogP contribution in [0.5, 0.6) is 17.2 Å². The first-order valence-corrected chi connectivity index (χ1v) is 8.36. The van der Waals surface area contributed by atoms with Gasteiger partial charge in [-0.1, -0.05) is 6.42 Å². The number of nitrogens with one attached hydrogen (secondary N) is 2. The molecule has 3 rings (SSSR count). The van der Waals surface area contributed by atoms with Gasteiger partial charge < -0.3 is 24.8 Å². The van der Waals surface area contributed by atoms with E-state index in [2.05, 4.69) is 20.8 Å². The fourth-order valence-corrected chi connectivity index (χ4v) is 2.67. The maximum absolute atomic E-state index is 11.9. The number of carbonyl (C=O) groups is 1. The Balaban J connectivity index is 1.71. The highest BCUT2D eigenvalue weighted by atomic mass is 16.5. The van der Waals surface area contributed by atoms with Crippen molar-refractivity contribution in [3.8, 4) is 17.2 Å². The van der Waals surface area contributed by atoms with Crippen LogP contribution < -0.4 is 24.8 Å². The van der Waals surface area contributed by atoms with Crippen LogP contribution >= 0.6 is 0 Å². The van der Waals surface area contributed by atoms with Gasteiger partial charge in [-0.25, -0.2) is 0 Å². The summed E-state index contributed by atoms with van der Waals surface area (Å²) in [5, 5.41) is 14.1. The fourth-order valence-electron chi connectivity index (χ4n) is 2.67. The van der Waals surface area contributed by atoms with Crippen molar-refractivity contribution in [2.75, 3.05) is 32.0 Å². The Morgan fingerprint density at radius 2 is 1.62 bits per heavy atom. The molecule has 2 aromatic rings. The normalized spacial score (nSPS) is 13.5. The highest BCUT2D eigenvalue weighted by Gasteiger charge is 2.25. The van der Waals surface area contributed by atoms with Crippen molar-refractivity contribution in [2.45, 2.75) is 19.3 Å². The van der Waals surface area contributed by atoms with Gasteiger partial charge in [-0.15, -0.1) is 10.2 Å². The monoisotopic (exact) mass is 358 g/mol. The number of carbonyl (C=O) groups excluding carboxylic acids is 1. The summed E-state index contributed by atoms with van der Waals surface area (Å²) in [6.45, 7) is 0. The molecule has 0 spiro atoms. The number of ether oxygens (including phenoxy) is 3. The molecule has 0 unspecified atom stereocenters. The lowest BCUT2D eigenvalue weighted by atomic mass is 9.85. The van der Waals surface area contributed by atoms with Crippen molar-refractivity contribution in [1.29, 1.82) is 0 Å². The predicted molar refractivity (Wildman–Crippen MR) is 97.4 cm³/mol. The first kappa shape index (κ1) is 17.8. The van der Waals surface area contributed by atoms with E-state index in [1.165, 1.54) is 0 Å². The van der Waals surface area contributed by atoms with Gasteiger partial charge in [0, 0.05) is 23.7 Å². The van der Waals surface area contributed by atoms with Gasteiger partial charge in [0.1, 0.15) is 0 Å². The number of amides is 1. The second-order valence-electron chi connectivity index (χ2n) is 5.96. The minimum Gasteiger partial charge on any atom is -0.493 e. The van der Waals surface area contributed by atoms with Crippen molar-refractivity contribution in [2.24, 2.45) is 5.92 Å². The molecule has 0 radical (unpaired) electrons. The number of anilines is 3. The Labute approximate surface area is 151 Å². The Kier molecular flexibility index (Phi) is 5.40. The molecular weight excluding hydrogens is 336 g/mol. The van der Waals surface area contributed by atoms with E-state index in [9.17, 15) is 4.79 Å². The number of nitrogens with zero attached hydrogens (tertiary/aromatic N) is 2. The van der Waals surface area contributed by atoms with E-state index in [-0.39, 0.29) is 11.8 Å². The Hall–Kier alpha value is -3.03. The van der Waals surface area contributed by atoms with Crippen molar-refractivity contribution in [1.82, 2.24) is 10.2 Å². The highest BCUT2D eigenvalue weighted by Crippen LogP contribution is 2.40. The van der Waals surface area contributed by atoms with Crippen molar-refractivity contribution < 1.29 is 19.0 Å². The minimum absolute atomic E-state index is 0.0101. The van der Waals surface area contributed by atoms with Crippen LogP contribution in [-0.2, 0) is 4.79 Å². The van der Waals surface area contributed by atoms with Crippen molar-refractivity contribution in [3.63, 3.8) is 0 Å². The van der Waals surface area contributed by atoms with Gasteiger partial charge in [-0.3, -0.25) is 4.79 Å². The van der Waals surface area contributed by atoms with Crippen LogP contribution in [-0.4, -0.2) is 37.4 Å². The lowest BCUT2D eigenvalue weighted by Gasteiger charge is -2.23. The van der Waals surface area contributed by atoms with E-state index in [4.69, 9.17) is 14.2 Å². The summed E-state index contributed by atoms with van der Waals surface area (Å²) in [4.78, 5) is 11.9. The van der Waals surface area contributed by atoms with Crippen LogP contribution in [0, 0.1) is 5.92 Å². The zero-order valence-electron chi connectivity index (χ0n) is 15.0. The second-order valence-corrected chi connectivity index (χ2v) is 5.96. The van der Waals surface area contributed by atoms with E-state index in [1.54, 1.807) is 45.6 Å². The van der Waals surface area contributed by atoms with Crippen LogP contribution in [0.1, 0.15) is 19.3 Å².